The van der Waals surface area contributed by atoms with E-state index in [0.717, 1.165) is 44.8 Å². The summed E-state index contributed by atoms with van der Waals surface area (Å²) in [6.45, 7) is 6.82. The number of nitrogens with one attached hydrogen (secondary N) is 1. The molecule has 0 unspecified atom stereocenters. The van der Waals surface area contributed by atoms with Crippen LogP contribution in [0.1, 0.15) is 19.3 Å². The van der Waals surface area contributed by atoms with E-state index in [4.69, 9.17) is 5.73 Å². The van der Waals surface area contributed by atoms with Crippen LogP contribution in [0.5, 0.6) is 0 Å². The molecule has 0 bridgehead atoms. The number of hydrogen-bond acceptors (Lipinski definition) is 5. The Kier molecular flexibility index (Phi) is 4.19. The van der Waals surface area contributed by atoms with E-state index in [0.29, 0.717) is 12.0 Å². The van der Waals surface area contributed by atoms with E-state index in [-0.39, 0.29) is 0 Å². The van der Waals surface area contributed by atoms with Crippen molar-refractivity contribution in [2.75, 3.05) is 37.3 Å². The molecule has 0 radical (unpaired) electrons. The lowest BCUT2D eigenvalue weighted by molar-refractivity contribution is 0.211. The second-order valence-corrected chi connectivity index (χ2v) is 4.80. The lowest BCUT2D eigenvalue weighted by Gasteiger charge is -2.36. The van der Waals surface area contributed by atoms with Crippen molar-refractivity contribution in [3.05, 3.63) is 12.7 Å². The highest BCUT2D eigenvalue weighted by molar-refractivity contribution is 5.34. The van der Waals surface area contributed by atoms with Gasteiger partial charge >= 0.3 is 0 Å². The summed E-state index contributed by atoms with van der Waals surface area (Å²) in [5, 5.41) is 6.78. The molecule has 1 aromatic rings. The number of aromatic nitrogens is 3. The van der Waals surface area contributed by atoms with Gasteiger partial charge in [0.25, 0.3) is 0 Å². The largest absolute Gasteiger partial charge is 0.368 e. The van der Waals surface area contributed by atoms with Gasteiger partial charge < -0.3 is 15.5 Å². The first kappa shape index (κ1) is 12.9. The van der Waals surface area contributed by atoms with Crippen LogP contribution in [0, 0.1) is 0 Å². The molecule has 0 saturated carbocycles. The number of rotatable bonds is 5. The summed E-state index contributed by atoms with van der Waals surface area (Å²) in [7, 11) is 2.19. The summed E-state index contributed by atoms with van der Waals surface area (Å²) in [5.41, 5.74) is 5.54. The fourth-order valence-electron chi connectivity index (χ4n) is 2.39. The Balaban J connectivity index is 1.82. The topological polar surface area (TPSA) is 74.1 Å². The number of anilines is 2. The molecule has 6 heteroatoms. The SMILES string of the molecule is C=CCCN(C)C1CCN(c2n[nH]c(N)n2)CC1. The lowest BCUT2D eigenvalue weighted by atomic mass is 10.0. The van der Waals surface area contributed by atoms with Crippen molar-refractivity contribution in [1.29, 1.82) is 0 Å². The standard InChI is InChI=1S/C12H22N6/c1-3-4-7-17(2)10-5-8-18(9-6-10)12-14-11(13)15-16-12/h3,10H,1,4-9H2,2H3,(H3,13,14,15,16). The maximum atomic E-state index is 5.54. The van der Waals surface area contributed by atoms with Crippen molar-refractivity contribution >= 4 is 11.9 Å². The molecule has 1 aliphatic rings. The minimum Gasteiger partial charge on any atom is -0.368 e. The smallest absolute Gasteiger partial charge is 0.246 e. The first-order valence-corrected chi connectivity index (χ1v) is 6.44. The summed E-state index contributed by atoms with van der Waals surface area (Å²) >= 11 is 0. The van der Waals surface area contributed by atoms with E-state index in [1.807, 2.05) is 6.08 Å². The molecule has 2 rings (SSSR count). The fraction of sp³-hybridized carbons (Fsp3) is 0.667. The Morgan fingerprint density at radius 3 is 2.83 bits per heavy atom. The van der Waals surface area contributed by atoms with Crippen LogP contribution in [0.4, 0.5) is 11.9 Å². The summed E-state index contributed by atoms with van der Waals surface area (Å²) in [6, 6.07) is 0.650. The number of nitrogens with two attached hydrogens (primary N) is 1. The highest BCUT2D eigenvalue weighted by atomic mass is 15.4. The molecule has 100 valence electrons. The van der Waals surface area contributed by atoms with Gasteiger partial charge in [0.15, 0.2) is 0 Å². The van der Waals surface area contributed by atoms with Gasteiger partial charge in [0.2, 0.25) is 11.9 Å². The quantitative estimate of drug-likeness (QED) is 0.758. The molecule has 0 aliphatic carbocycles. The number of aromatic amines is 1. The molecular formula is C12H22N6. The molecule has 1 saturated heterocycles. The molecule has 0 aromatic carbocycles. The maximum absolute atomic E-state index is 5.54. The van der Waals surface area contributed by atoms with Crippen molar-refractivity contribution in [1.82, 2.24) is 20.1 Å². The summed E-state index contributed by atoms with van der Waals surface area (Å²) in [6.07, 6.45) is 5.31. The fourth-order valence-corrected chi connectivity index (χ4v) is 2.39. The van der Waals surface area contributed by atoms with Crippen LogP contribution < -0.4 is 10.6 Å². The van der Waals surface area contributed by atoms with Crippen molar-refractivity contribution in [2.45, 2.75) is 25.3 Å². The van der Waals surface area contributed by atoms with Crippen molar-refractivity contribution in [3.63, 3.8) is 0 Å². The third-order valence-corrected chi connectivity index (χ3v) is 3.55. The third kappa shape index (κ3) is 3.01. The number of hydrogen-bond donors (Lipinski definition) is 2. The molecule has 0 amide bonds. The number of H-pyrrole nitrogens is 1. The monoisotopic (exact) mass is 250 g/mol. The summed E-state index contributed by atoms with van der Waals surface area (Å²) in [5.74, 6) is 1.11. The molecule has 1 aliphatic heterocycles. The van der Waals surface area contributed by atoms with E-state index >= 15 is 0 Å². The van der Waals surface area contributed by atoms with Gasteiger partial charge in [-0.05, 0) is 26.3 Å². The maximum Gasteiger partial charge on any atom is 0.246 e. The Morgan fingerprint density at radius 2 is 2.28 bits per heavy atom. The Hall–Kier alpha value is -1.56. The normalized spacial score (nSPS) is 17.3. The van der Waals surface area contributed by atoms with Gasteiger partial charge in [-0.1, -0.05) is 6.08 Å². The molecule has 3 N–H and O–H groups in total. The number of piperidine rings is 1. The van der Waals surface area contributed by atoms with E-state index in [1.54, 1.807) is 0 Å². The molecular weight excluding hydrogens is 228 g/mol. The summed E-state index contributed by atoms with van der Waals surface area (Å²) < 4.78 is 0. The average molecular weight is 250 g/mol. The summed E-state index contributed by atoms with van der Waals surface area (Å²) in [4.78, 5) is 8.77. The van der Waals surface area contributed by atoms with Gasteiger partial charge in [-0.2, -0.15) is 4.98 Å². The lowest BCUT2D eigenvalue weighted by Crippen LogP contribution is -2.44. The van der Waals surface area contributed by atoms with Gasteiger partial charge in [0, 0.05) is 25.7 Å². The third-order valence-electron chi connectivity index (χ3n) is 3.55. The van der Waals surface area contributed by atoms with Crippen LogP contribution in [-0.2, 0) is 0 Å². The number of nitrogen functional groups attached to an aromatic ring is 1. The molecule has 1 aromatic heterocycles. The zero-order valence-corrected chi connectivity index (χ0v) is 11.0. The minimum atomic E-state index is 0.384. The van der Waals surface area contributed by atoms with Crippen LogP contribution in [0.2, 0.25) is 0 Å². The zero-order chi connectivity index (χ0) is 13.0. The highest BCUT2D eigenvalue weighted by Crippen LogP contribution is 2.19. The van der Waals surface area contributed by atoms with Crippen molar-refractivity contribution < 1.29 is 0 Å². The highest BCUT2D eigenvalue weighted by Gasteiger charge is 2.23. The first-order chi connectivity index (χ1) is 8.70. The average Bonchev–Trinajstić information content (AvgIpc) is 2.83. The molecule has 6 nitrogen and oxygen atoms in total. The van der Waals surface area contributed by atoms with Crippen LogP contribution in [-0.4, -0.2) is 52.8 Å². The molecule has 0 spiro atoms. The van der Waals surface area contributed by atoms with Gasteiger partial charge in [-0.25, -0.2) is 5.10 Å². The van der Waals surface area contributed by atoms with Crippen molar-refractivity contribution in [3.8, 4) is 0 Å². The molecule has 1 fully saturated rings. The van der Waals surface area contributed by atoms with Gasteiger partial charge in [0.05, 0.1) is 0 Å². The van der Waals surface area contributed by atoms with E-state index in [9.17, 15) is 0 Å². The van der Waals surface area contributed by atoms with Crippen LogP contribution >= 0.6 is 0 Å². The van der Waals surface area contributed by atoms with E-state index in [2.05, 4.69) is 38.6 Å². The molecule has 18 heavy (non-hydrogen) atoms. The molecule has 2 heterocycles. The Morgan fingerprint density at radius 1 is 1.56 bits per heavy atom. The Labute approximate surface area is 108 Å². The Bertz CT molecular complexity index is 380. The van der Waals surface area contributed by atoms with Crippen molar-refractivity contribution in [2.24, 2.45) is 0 Å². The second kappa shape index (κ2) is 5.86. The first-order valence-electron chi connectivity index (χ1n) is 6.44. The number of nitrogens with zero attached hydrogens (tertiary/aromatic N) is 4. The van der Waals surface area contributed by atoms with Gasteiger partial charge in [-0.15, -0.1) is 11.7 Å². The predicted octanol–water partition coefficient (Wildman–Crippen LogP) is 0.864. The van der Waals surface area contributed by atoms with E-state index in [1.165, 1.54) is 0 Å². The van der Waals surface area contributed by atoms with Crippen LogP contribution in [0.15, 0.2) is 12.7 Å². The predicted molar refractivity (Wildman–Crippen MR) is 73.5 cm³/mol. The van der Waals surface area contributed by atoms with Gasteiger partial charge in [-0.3, -0.25) is 0 Å². The molecule has 0 atom stereocenters. The zero-order valence-electron chi connectivity index (χ0n) is 11.0. The second-order valence-electron chi connectivity index (χ2n) is 4.80. The van der Waals surface area contributed by atoms with Gasteiger partial charge in [0.1, 0.15) is 0 Å². The van der Waals surface area contributed by atoms with Crippen LogP contribution in [0.3, 0.4) is 0 Å². The van der Waals surface area contributed by atoms with E-state index < -0.39 is 0 Å². The minimum absolute atomic E-state index is 0.384. The van der Waals surface area contributed by atoms with Crippen LogP contribution in [0.25, 0.3) is 0 Å².